The summed E-state index contributed by atoms with van der Waals surface area (Å²) in [5.74, 6) is 0. The minimum Gasteiger partial charge on any atom is -0.343 e. The molecule has 4 rings (SSSR count). The molecule has 0 fully saturated rings. The predicted molar refractivity (Wildman–Crippen MR) is 107 cm³/mol. The maximum atomic E-state index is 12.8. The molecule has 1 unspecified atom stereocenters. The molecular weight excluding hydrogens is 385 g/mol. The van der Waals surface area contributed by atoms with Crippen LogP contribution in [-0.2, 0) is 25.6 Å². The van der Waals surface area contributed by atoms with Gasteiger partial charge < -0.3 is 4.57 Å². The third-order valence-corrected chi connectivity index (χ3v) is 6.17. The number of nitrogens with zero attached hydrogens (tertiary/aromatic N) is 2. The zero-order valence-electron chi connectivity index (χ0n) is 15.9. The Bertz CT molecular complexity index is 1010. The quantitative estimate of drug-likeness (QED) is 0.509. The maximum Gasteiger partial charge on any atom is 0.416 e. The van der Waals surface area contributed by atoms with Crippen molar-refractivity contribution in [3.8, 4) is 0 Å². The van der Waals surface area contributed by atoms with Crippen LogP contribution in [0.5, 0.6) is 0 Å². The topological polar surface area (TPSA) is 8.17 Å². The minimum absolute atomic E-state index is 0.303. The fraction of sp³-hybridized carbons (Fsp3) is 0.364. The van der Waals surface area contributed by atoms with Gasteiger partial charge in [0.15, 0.2) is 0 Å². The number of halogens is 4. The molecule has 148 valence electrons. The number of aromatic nitrogens is 1. The molecule has 0 N–H and O–H groups in total. The zero-order valence-corrected chi connectivity index (χ0v) is 16.6. The highest BCUT2D eigenvalue weighted by molar-refractivity contribution is 6.35. The normalized spacial score (nSPS) is 17.9. The van der Waals surface area contributed by atoms with E-state index in [4.69, 9.17) is 11.6 Å². The number of likely N-dealkylation sites (N-methyl/N-ethyl adjacent to an activating group) is 1. The Kier molecular flexibility index (Phi) is 4.92. The molecule has 28 heavy (non-hydrogen) atoms. The van der Waals surface area contributed by atoms with Crippen molar-refractivity contribution in [3.05, 3.63) is 69.9 Å². The van der Waals surface area contributed by atoms with Gasteiger partial charge in [0.2, 0.25) is 0 Å². The van der Waals surface area contributed by atoms with Gasteiger partial charge in [-0.1, -0.05) is 35.9 Å². The molecule has 0 saturated carbocycles. The van der Waals surface area contributed by atoms with Crippen LogP contribution in [0, 0.1) is 0 Å². The molecule has 2 aromatic carbocycles. The van der Waals surface area contributed by atoms with Gasteiger partial charge >= 0.3 is 6.18 Å². The van der Waals surface area contributed by atoms with E-state index in [1.165, 1.54) is 16.6 Å². The van der Waals surface area contributed by atoms with E-state index in [0.717, 1.165) is 36.2 Å². The van der Waals surface area contributed by atoms with Crippen LogP contribution in [0.15, 0.2) is 42.5 Å². The van der Waals surface area contributed by atoms with E-state index < -0.39 is 11.7 Å². The Morgan fingerprint density at radius 2 is 1.82 bits per heavy atom. The van der Waals surface area contributed by atoms with Crippen LogP contribution in [0.25, 0.3) is 10.9 Å². The summed E-state index contributed by atoms with van der Waals surface area (Å²) in [5, 5.41) is 1.89. The van der Waals surface area contributed by atoms with Gasteiger partial charge in [-0.2, -0.15) is 13.2 Å². The molecule has 6 heteroatoms. The highest BCUT2D eigenvalue weighted by Crippen LogP contribution is 2.39. The highest BCUT2D eigenvalue weighted by Gasteiger charge is 2.30. The van der Waals surface area contributed by atoms with Crippen molar-refractivity contribution < 1.29 is 13.2 Å². The molecule has 1 aliphatic heterocycles. The van der Waals surface area contributed by atoms with Gasteiger partial charge in [-0.15, -0.1) is 0 Å². The largest absolute Gasteiger partial charge is 0.416 e. The van der Waals surface area contributed by atoms with Crippen molar-refractivity contribution in [2.75, 3.05) is 13.6 Å². The molecule has 2 nitrogen and oxygen atoms in total. The third kappa shape index (κ3) is 3.31. The lowest BCUT2D eigenvalue weighted by Crippen LogP contribution is -2.31. The second-order valence-corrected chi connectivity index (χ2v) is 7.91. The molecule has 1 aromatic heterocycles. The van der Waals surface area contributed by atoms with Gasteiger partial charge in [-0.05, 0) is 49.7 Å². The molecule has 0 amide bonds. The SMILES string of the molecule is CC1c2c(n(CCc3ccc(C(F)(F)F)cc3)c3c(Cl)cccc23)CCN1C. The fourth-order valence-corrected chi connectivity index (χ4v) is 4.50. The Balaban J connectivity index is 1.70. The van der Waals surface area contributed by atoms with E-state index in [9.17, 15) is 13.2 Å². The van der Waals surface area contributed by atoms with E-state index in [1.54, 1.807) is 12.1 Å². The average Bonchev–Trinajstić information content (AvgIpc) is 2.98. The van der Waals surface area contributed by atoms with Gasteiger partial charge in [-0.3, -0.25) is 4.90 Å². The molecule has 2 heterocycles. The van der Waals surface area contributed by atoms with E-state index in [-0.39, 0.29) is 0 Å². The first-order chi connectivity index (χ1) is 13.3. The summed E-state index contributed by atoms with van der Waals surface area (Å²) >= 11 is 6.56. The van der Waals surface area contributed by atoms with Crippen LogP contribution in [0.4, 0.5) is 13.2 Å². The van der Waals surface area contributed by atoms with E-state index >= 15 is 0 Å². The highest BCUT2D eigenvalue weighted by atomic mass is 35.5. The lowest BCUT2D eigenvalue weighted by Gasteiger charge is -2.31. The second-order valence-electron chi connectivity index (χ2n) is 7.50. The summed E-state index contributed by atoms with van der Waals surface area (Å²) in [7, 11) is 2.13. The first-order valence-corrected chi connectivity index (χ1v) is 9.81. The van der Waals surface area contributed by atoms with Crippen LogP contribution in [-0.4, -0.2) is 23.1 Å². The van der Waals surface area contributed by atoms with E-state index in [0.29, 0.717) is 24.0 Å². The standard InChI is InChI=1S/C22H22ClF3N2/c1-14-20-17-4-3-5-18(23)21(17)28(19(20)11-12-27(14)2)13-10-15-6-8-16(9-7-15)22(24,25)26/h3-9,14H,10-13H2,1-2H3. The zero-order chi connectivity index (χ0) is 20.1. The van der Waals surface area contributed by atoms with Gasteiger partial charge in [0.05, 0.1) is 16.1 Å². The number of aryl methyl sites for hydroxylation is 2. The first kappa shape index (κ1) is 19.3. The van der Waals surface area contributed by atoms with E-state index in [1.807, 2.05) is 12.1 Å². The summed E-state index contributed by atoms with van der Waals surface area (Å²) in [5.41, 5.74) is 3.92. The Morgan fingerprint density at radius 1 is 1.11 bits per heavy atom. The van der Waals surface area contributed by atoms with Gasteiger partial charge in [0.1, 0.15) is 0 Å². The second kappa shape index (κ2) is 7.12. The van der Waals surface area contributed by atoms with Crippen LogP contribution in [0.1, 0.15) is 35.3 Å². The first-order valence-electron chi connectivity index (χ1n) is 9.43. The number of alkyl halides is 3. The number of rotatable bonds is 3. The Morgan fingerprint density at radius 3 is 2.50 bits per heavy atom. The fourth-order valence-electron chi connectivity index (χ4n) is 4.22. The van der Waals surface area contributed by atoms with Gasteiger partial charge in [-0.25, -0.2) is 0 Å². The van der Waals surface area contributed by atoms with Crippen molar-refractivity contribution in [2.24, 2.45) is 0 Å². The molecule has 3 aromatic rings. The summed E-state index contributed by atoms with van der Waals surface area (Å²) in [6.45, 7) is 3.87. The number of para-hydroxylation sites is 1. The monoisotopic (exact) mass is 406 g/mol. The summed E-state index contributed by atoms with van der Waals surface area (Å²) in [6, 6.07) is 11.7. The molecule has 0 radical (unpaired) electrons. The van der Waals surface area contributed by atoms with Crippen molar-refractivity contribution >= 4 is 22.5 Å². The Hall–Kier alpha value is -1.98. The van der Waals surface area contributed by atoms with Crippen LogP contribution >= 0.6 is 11.6 Å². The van der Waals surface area contributed by atoms with Crippen molar-refractivity contribution in [1.29, 1.82) is 0 Å². The summed E-state index contributed by atoms with van der Waals surface area (Å²) < 4.78 is 40.6. The van der Waals surface area contributed by atoms with Crippen molar-refractivity contribution in [2.45, 2.75) is 38.5 Å². The molecular formula is C22H22ClF3N2. The molecule has 1 atom stereocenters. The van der Waals surface area contributed by atoms with Gasteiger partial charge in [0, 0.05) is 36.6 Å². The smallest absolute Gasteiger partial charge is 0.343 e. The summed E-state index contributed by atoms with van der Waals surface area (Å²) in [4.78, 5) is 2.34. The third-order valence-electron chi connectivity index (χ3n) is 5.87. The number of hydrogen-bond acceptors (Lipinski definition) is 1. The van der Waals surface area contributed by atoms with Crippen LogP contribution in [0.2, 0.25) is 5.02 Å². The van der Waals surface area contributed by atoms with Crippen LogP contribution in [0.3, 0.4) is 0 Å². The summed E-state index contributed by atoms with van der Waals surface area (Å²) in [6.07, 6.45) is -2.71. The Labute approximate surface area is 167 Å². The maximum absolute atomic E-state index is 12.8. The molecule has 0 bridgehead atoms. The molecule has 1 aliphatic rings. The van der Waals surface area contributed by atoms with Crippen molar-refractivity contribution in [1.82, 2.24) is 9.47 Å². The molecule has 0 aliphatic carbocycles. The number of fused-ring (bicyclic) bond motifs is 3. The number of hydrogen-bond donors (Lipinski definition) is 0. The molecule has 0 saturated heterocycles. The predicted octanol–water partition coefficient (Wildman–Crippen LogP) is 6.11. The lowest BCUT2D eigenvalue weighted by molar-refractivity contribution is -0.137. The lowest BCUT2D eigenvalue weighted by atomic mass is 9.97. The molecule has 0 spiro atoms. The minimum atomic E-state index is -4.30. The van der Waals surface area contributed by atoms with Crippen molar-refractivity contribution in [3.63, 3.8) is 0 Å². The van der Waals surface area contributed by atoms with E-state index in [2.05, 4.69) is 29.5 Å². The van der Waals surface area contributed by atoms with Crippen LogP contribution < -0.4 is 0 Å². The average molecular weight is 407 g/mol. The van der Waals surface area contributed by atoms with Gasteiger partial charge in [0.25, 0.3) is 0 Å². The number of benzene rings is 2.